The van der Waals surface area contributed by atoms with Gasteiger partial charge in [-0.05, 0) is 43.9 Å². The Balaban J connectivity index is 1.75. The molecule has 0 amide bonds. The molecule has 116 valence electrons. The average molecular weight is 289 g/mol. The van der Waals surface area contributed by atoms with Crippen LogP contribution in [0.3, 0.4) is 0 Å². The highest BCUT2D eigenvalue weighted by atomic mass is 16.5. The van der Waals surface area contributed by atoms with Gasteiger partial charge in [-0.25, -0.2) is 4.98 Å². The number of rotatable bonds is 6. The molecule has 0 spiro atoms. The van der Waals surface area contributed by atoms with Crippen LogP contribution in [0.1, 0.15) is 44.4 Å². The predicted octanol–water partition coefficient (Wildman–Crippen LogP) is 2.51. The van der Waals surface area contributed by atoms with E-state index >= 15 is 0 Å². The molecular weight excluding hydrogens is 262 g/mol. The number of nitrogens with zero attached hydrogens (tertiary/aromatic N) is 2. The van der Waals surface area contributed by atoms with Crippen LogP contribution in [0.4, 0.5) is 5.82 Å². The molecule has 1 aliphatic carbocycles. The molecule has 2 fully saturated rings. The van der Waals surface area contributed by atoms with Crippen LogP contribution in [0.25, 0.3) is 0 Å². The van der Waals surface area contributed by atoms with E-state index < -0.39 is 0 Å². The average Bonchev–Trinajstić information content (AvgIpc) is 3.29. The van der Waals surface area contributed by atoms with E-state index in [-0.39, 0.29) is 0 Å². The molecule has 2 heterocycles. The van der Waals surface area contributed by atoms with Crippen LogP contribution in [0.2, 0.25) is 0 Å². The molecule has 4 nitrogen and oxygen atoms in total. The van der Waals surface area contributed by atoms with Gasteiger partial charge >= 0.3 is 0 Å². The number of hydrogen-bond donors (Lipinski definition) is 1. The van der Waals surface area contributed by atoms with Gasteiger partial charge in [-0.3, -0.25) is 0 Å². The number of aromatic nitrogens is 1. The number of hydrogen-bond acceptors (Lipinski definition) is 4. The number of morpholine rings is 1. The summed E-state index contributed by atoms with van der Waals surface area (Å²) in [5, 5.41) is 3.61. The first-order chi connectivity index (χ1) is 10.2. The van der Waals surface area contributed by atoms with Crippen molar-refractivity contribution < 1.29 is 4.74 Å². The van der Waals surface area contributed by atoms with E-state index in [9.17, 15) is 0 Å². The van der Waals surface area contributed by atoms with E-state index in [0.29, 0.717) is 6.10 Å². The Morgan fingerprint density at radius 3 is 2.95 bits per heavy atom. The van der Waals surface area contributed by atoms with Crippen molar-refractivity contribution in [3.8, 4) is 0 Å². The number of ether oxygens (including phenoxy) is 1. The molecule has 1 saturated carbocycles. The molecule has 4 heteroatoms. The molecular formula is C17H27N3O. The van der Waals surface area contributed by atoms with Crippen LogP contribution in [0.15, 0.2) is 12.1 Å². The van der Waals surface area contributed by atoms with Crippen molar-refractivity contribution in [2.45, 2.75) is 58.2 Å². The van der Waals surface area contributed by atoms with Gasteiger partial charge in [-0.2, -0.15) is 0 Å². The molecule has 0 aromatic carbocycles. The second kappa shape index (κ2) is 6.75. The van der Waals surface area contributed by atoms with E-state index in [1.807, 2.05) is 0 Å². The monoisotopic (exact) mass is 289 g/mol. The van der Waals surface area contributed by atoms with E-state index in [1.165, 1.54) is 24.1 Å². The second-order valence-electron chi connectivity index (χ2n) is 6.36. The Morgan fingerprint density at radius 2 is 2.24 bits per heavy atom. The summed E-state index contributed by atoms with van der Waals surface area (Å²) in [6, 6.07) is 5.28. The quantitative estimate of drug-likeness (QED) is 0.873. The van der Waals surface area contributed by atoms with Crippen LogP contribution in [0, 0.1) is 0 Å². The largest absolute Gasteiger partial charge is 0.375 e. The topological polar surface area (TPSA) is 37.4 Å². The summed E-state index contributed by atoms with van der Waals surface area (Å²) < 4.78 is 5.64. The Kier molecular flexibility index (Phi) is 4.76. The zero-order valence-electron chi connectivity index (χ0n) is 13.3. The maximum absolute atomic E-state index is 5.64. The lowest BCUT2D eigenvalue weighted by molar-refractivity contribution is 0.0529. The van der Waals surface area contributed by atoms with Crippen molar-refractivity contribution in [2.24, 2.45) is 0 Å². The van der Waals surface area contributed by atoms with Crippen LogP contribution in [0.5, 0.6) is 0 Å². The van der Waals surface area contributed by atoms with Gasteiger partial charge in [0.05, 0.1) is 12.7 Å². The van der Waals surface area contributed by atoms with Gasteiger partial charge in [0.15, 0.2) is 0 Å². The fraction of sp³-hybridized carbons (Fsp3) is 0.706. The van der Waals surface area contributed by atoms with Gasteiger partial charge < -0.3 is 15.0 Å². The third-order valence-electron chi connectivity index (χ3n) is 4.17. The summed E-state index contributed by atoms with van der Waals surface area (Å²) in [5.74, 6) is 1.13. The molecule has 1 atom stereocenters. The maximum Gasteiger partial charge on any atom is 0.129 e. The molecule has 0 radical (unpaired) electrons. The summed E-state index contributed by atoms with van der Waals surface area (Å²) in [7, 11) is 0. The summed E-state index contributed by atoms with van der Waals surface area (Å²) in [6.45, 7) is 8.01. The molecule has 0 bridgehead atoms. The minimum atomic E-state index is 0.295. The first-order valence-corrected chi connectivity index (χ1v) is 8.34. The minimum Gasteiger partial charge on any atom is -0.375 e. The summed E-state index contributed by atoms with van der Waals surface area (Å²) in [5.41, 5.74) is 2.59. The van der Waals surface area contributed by atoms with E-state index in [0.717, 1.165) is 50.9 Å². The highest BCUT2D eigenvalue weighted by Gasteiger charge is 2.21. The molecule has 1 N–H and O–H groups in total. The highest BCUT2D eigenvalue weighted by molar-refractivity contribution is 5.43. The predicted molar refractivity (Wildman–Crippen MR) is 85.7 cm³/mol. The van der Waals surface area contributed by atoms with Crippen molar-refractivity contribution in [1.82, 2.24) is 10.3 Å². The summed E-state index contributed by atoms with van der Waals surface area (Å²) in [4.78, 5) is 7.24. The van der Waals surface area contributed by atoms with Gasteiger partial charge in [-0.1, -0.05) is 13.3 Å². The number of anilines is 1. The van der Waals surface area contributed by atoms with E-state index in [4.69, 9.17) is 9.72 Å². The molecule has 1 aromatic heterocycles. The molecule has 1 unspecified atom stereocenters. The molecule has 1 aromatic rings. The van der Waals surface area contributed by atoms with Crippen molar-refractivity contribution in [2.75, 3.05) is 24.6 Å². The van der Waals surface area contributed by atoms with Gasteiger partial charge in [-0.15, -0.1) is 0 Å². The third-order valence-corrected chi connectivity index (χ3v) is 4.17. The fourth-order valence-corrected chi connectivity index (χ4v) is 2.86. The number of nitrogens with one attached hydrogen (secondary N) is 1. The second-order valence-corrected chi connectivity index (χ2v) is 6.36. The lowest BCUT2D eigenvalue weighted by Crippen LogP contribution is -2.41. The zero-order chi connectivity index (χ0) is 14.7. The van der Waals surface area contributed by atoms with Crippen molar-refractivity contribution in [3.63, 3.8) is 0 Å². The smallest absolute Gasteiger partial charge is 0.129 e. The lowest BCUT2D eigenvalue weighted by Gasteiger charge is -2.32. The Morgan fingerprint density at radius 1 is 1.38 bits per heavy atom. The van der Waals surface area contributed by atoms with Crippen LogP contribution in [-0.2, 0) is 17.7 Å². The molecule has 3 rings (SSSR count). The molecule has 2 aliphatic rings. The Bertz CT molecular complexity index is 473. The fourth-order valence-electron chi connectivity index (χ4n) is 2.86. The molecule has 1 aliphatic heterocycles. The Hall–Kier alpha value is -1.13. The third kappa shape index (κ3) is 4.17. The minimum absolute atomic E-state index is 0.295. The van der Waals surface area contributed by atoms with Crippen LogP contribution >= 0.6 is 0 Å². The molecule has 1 saturated heterocycles. The first-order valence-electron chi connectivity index (χ1n) is 8.34. The highest BCUT2D eigenvalue weighted by Crippen LogP contribution is 2.22. The Labute approximate surface area is 127 Å². The van der Waals surface area contributed by atoms with Crippen molar-refractivity contribution >= 4 is 5.82 Å². The van der Waals surface area contributed by atoms with Gasteiger partial charge in [0.25, 0.3) is 0 Å². The van der Waals surface area contributed by atoms with Gasteiger partial charge in [0.2, 0.25) is 0 Å². The van der Waals surface area contributed by atoms with E-state index in [2.05, 4.69) is 36.2 Å². The van der Waals surface area contributed by atoms with Crippen LogP contribution < -0.4 is 10.2 Å². The van der Waals surface area contributed by atoms with Crippen molar-refractivity contribution in [1.29, 1.82) is 0 Å². The van der Waals surface area contributed by atoms with Crippen LogP contribution in [-0.4, -0.2) is 36.8 Å². The van der Waals surface area contributed by atoms with Gasteiger partial charge in [0.1, 0.15) is 5.82 Å². The van der Waals surface area contributed by atoms with E-state index in [1.54, 1.807) is 0 Å². The standard InChI is InChI=1S/C17H27N3O/c1-3-4-16-9-14(11-18-15-5-6-15)10-17(19-16)20-7-8-21-13(2)12-20/h9-10,13,15,18H,3-8,11-12H2,1-2H3. The first kappa shape index (κ1) is 14.8. The van der Waals surface area contributed by atoms with Crippen molar-refractivity contribution in [3.05, 3.63) is 23.4 Å². The normalized spacial score (nSPS) is 22.6. The number of aryl methyl sites for hydroxylation is 1. The number of pyridine rings is 1. The SMILES string of the molecule is CCCc1cc(CNC2CC2)cc(N2CCOC(C)C2)n1. The zero-order valence-corrected chi connectivity index (χ0v) is 13.3. The molecule has 21 heavy (non-hydrogen) atoms. The lowest BCUT2D eigenvalue weighted by atomic mass is 10.1. The summed E-state index contributed by atoms with van der Waals surface area (Å²) in [6.07, 6.45) is 5.17. The van der Waals surface area contributed by atoms with Gasteiger partial charge in [0, 0.05) is 31.4 Å². The maximum atomic E-state index is 5.64. The summed E-state index contributed by atoms with van der Waals surface area (Å²) >= 11 is 0.